The molecule has 22 aromatic rings. The van der Waals surface area contributed by atoms with Crippen LogP contribution in [0, 0.1) is 25.3 Å². The largest absolute Gasteiger partial charge is 0.392 e. The van der Waals surface area contributed by atoms with Crippen molar-refractivity contribution in [1.82, 2.24) is 220 Å². The van der Waals surface area contributed by atoms with Gasteiger partial charge in [0.15, 0.2) is 51.0 Å². The monoisotopic (exact) mass is 2140 g/mol. The Kier molecular flexibility index (Phi) is 38.7. The average molecular weight is 2140 g/mol. The van der Waals surface area contributed by atoms with Crippen molar-refractivity contribution in [2.75, 3.05) is 128 Å². The normalized spacial score (nSPS) is 10.4. The number of aromatic nitrogens is 44. The van der Waals surface area contributed by atoms with Crippen LogP contribution in [-0.2, 0) is 0 Å². The molecule has 0 spiro atoms. The number of thioether (sulfide) groups is 8. The zero-order chi connectivity index (χ0) is 103. The van der Waals surface area contributed by atoms with E-state index in [9.17, 15) is 28.0 Å². The van der Waals surface area contributed by atoms with E-state index in [0.29, 0.717) is 111 Å². The Morgan fingerprint density at radius 1 is 0.315 bits per heavy atom. The van der Waals surface area contributed by atoms with E-state index in [1.165, 1.54) is 119 Å². The third-order valence-corrected chi connectivity index (χ3v) is 23.1. The molecule has 0 aliphatic carbocycles. The molecule has 0 radical (unpaired) electrons. The number of imidazole rings is 5. The second-order valence-corrected chi connectivity index (χ2v) is 32.7. The minimum atomic E-state index is -0.737. The number of fused-ring (bicyclic) bond motifs is 10. The number of nitrogens with two attached hydrogens (primary N) is 5. The Hall–Kier alpha value is -16.7. The van der Waals surface area contributed by atoms with Gasteiger partial charge in [-0.25, -0.2) is 93.7 Å². The van der Waals surface area contributed by atoms with Gasteiger partial charge in [-0.2, -0.15) is 94.1 Å². The van der Waals surface area contributed by atoms with Gasteiger partial charge in [-0.05, 0) is 73.2 Å². The van der Waals surface area contributed by atoms with E-state index < -0.39 is 23.5 Å². The number of rotatable bonds is 12. The summed E-state index contributed by atoms with van der Waals surface area (Å²) in [4.78, 5) is 170. The number of hydrogen-bond acceptors (Lipinski definition) is 51. The summed E-state index contributed by atoms with van der Waals surface area (Å²) in [6, 6.07) is 0. The standard InChI is InChI=1S/2C6H5ClN4S.2C6H5FN4S.C6H8N6.2C6H7N5O.2C6H7N5S.C6H7N5.2C6H6N4OS/c1-12-5-3-4(9-2-8-3)10-6(7)11-5;1-12-5-3-2-8-11-4(3)9-6(7)10-5;1-12-5-3-4(9-2-8-3)10-6(7)11-5;1-12-5-3-2-8-11-4(3)9-6(7)10-5;1-9-3-4(7)11-6(8)12-5(3)10-2;1-7-4-3-5(9-2-8-3)11-6(12)10-4;1-7-4-3-2-8-11-5(3)10-6(12)9-4;1-12-5-3-4(9-2-8-3)10-6(7)11-5;1-12-5-3-2-8-11-4(3)9-6(7)10-5;1-8-4-5(7)10-3-11-6(4)9-2;1-12-5-3-4(8-2-7-3)9-6(11)10-5;1-12-5-3-2-7-10-4(3)8-6(11)9-5/h4*2H,1H3,(H,8,9,10,11);2H3,(H5,7,8,10,11,12);2*2H,1H3,(H3,7,8,9,10,11,12);2*2H,1H3,(H3,7,8,9,10,11);3H,2H3,(H3,7,9,10,11);2*2H,1H3,(H2,7,8,9,10,11). The predicted octanol–water partition coefficient (Wildman–Crippen LogP) is 8.19. The highest BCUT2D eigenvalue weighted by molar-refractivity contribution is 8.00. The third-order valence-electron chi connectivity index (χ3n) is 17.2. The lowest BCUT2D eigenvalue weighted by molar-refractivity contribution is 0.533. The van der Waals surface area contributed by atoms with Gasteiger partial charge in [-0.3, -0.25) is 45.4 Å². The second-order valence-electron chi connectivity index (χ2n) is 25.7. The maximum Gasteiger partial charge on any atom is 0.348 e. The van der Waals surface area contributed by atoms with E-state index in [4.69, 9.17) is 65.0 Å². The molecule has 0 saturated heterocycles. The van der Waals surface area contributed by atoms with Gasteiger partial charge in [0.2, 0.25) is 28.4 Å². The molecular weight excluding hydrogens is 2060 g/mol. The topological polar surface area (TPSA) is 863 Å². The number of aromatic amines is 14. The summed E-state index contributed by atoms with van der Waals surface area (Å²) in [5.74, 6) is 2.76. The summed E-state index contributed by atoms with van der Waals surface area (Å²) in [5.41, 5.74) is 35.6. The van der Waals surface area contributed by atoms with Gasteiger partial charge in [0.25, 0.3) is 11.4 Å². The first-order valence-corrected chi connectivity index (χ1v) is 49.6. The molecule has 59 nitrogen and oxygen atoms in total. The maximum absolute atomic E-state index is 12.7. The molecule has 0 aliphatic rings. The Morgan fingerprint density at radius 3 is 1.23 bits per heavy atom. The van der Waals surface area contributed by atoms with Crippen LogP contribution in [0.1, 0.15) is 0 Å². The van der Waals surface area contributed by atoms with Gasteiger partial charge >= 0.3 is 34.9 Å². The molecule has 0 bridgehead atoms. The molecule has 143 heavy (non-hydrogen) atoms. The number of H-pyrrole nitrogens is 14. The van der Waals surface area contributed by atoms with Crippen LogP contribution in [0.15, 0.2) is 128 Å². The number of nitrogen functional groups attached to an aromatic ring is 5. The van der Waals surface area contributed by atoms with Gasteiger partial charge in [0.1, 0.15) is 115 Å². The molecule has 0 atom stereocenters. The van der Waals surface area contributed by atoms with Crippen molar-refractivity contribution >= 4 is 292 Å². The van der Waals surface area contributed by atoms with Crippen LogP contribution < -0.4 is 72.7 Å². The van der Waals surface area contributed by atoms with E-state index in [1.54, 1.807) is 71.8 Å². The first kappa shape index (κ1) is 107. The number of nitrogens with one attached hydrogen (secondary N) is 18. The van der Waals surface area contributed by atoms with Crippen molar-refractivity contribution in [2.24, 2.45) is 0 Å². The fourth-order valence-electron chi connectivity index (χ4n) is 11.2. The minimum absolute atomic E-state index is 0.0595. The van der Waals surface area contributed by atoms with E-state index in [-0.39, 0.29) is 62.8 Å². The van der Waals surface area contributed by atoms with Crippen LogP contribution in [0.2, 0.25) is 10.6 Å². The highest BCUT2D eigenvalue weighted by Gasteiger charge is 2.17. The lowest BCUT2D eigenvalue weighted by Gasteiger charge is -2.04. The van der Waals surface area contributed by atoms with Gasteiger partial charge < -0.3 is 74.9 Å². The van der Waals surface area contributed by atoms with Crippen LogP contribution in [0.25, 0.3) is 121 Å². The van der Waals surface area contributed by atoms with E-state index in [1.807, 2.05) is 50.0 Å². The van der Waals surface area contributed by atoms with Gasteiger partial charge in [-0.15, -0.1) is 94.1 Å². The third kappa shape index (κ3) is 27.9. The summed E-state index contributed by atoms with van der Waals surface area (Å²) in [6.07, 6.45) is 30.8. The van der Waals surface area contributed by atoms with Crippen molar-refractivity contribution in [1.29, 1.82) is 0 Å². The molecule has 0 saturated carbocycles. The molecule has 22 aromatic heterocycles. The maximum atomic E-state index is 12.7. The second kappa shape index (κ2) is 51.8. The predicted molar refractivity (Wildman–Crippen MR) is 549 cm³/mol. The van der Waals surface area contributed by atoms with Gasteiger partial charge in [-0.1, -0.05) is 0 Å². The first-order chi connectivity index (χ1) is 69.1. The van der Waals surface area contributed by atoms with E-state index in [0.717, 1.165) is 63.6 Å². The SMILES string of the molecule is CNc1nc(=O)[nH]c2[nH]ncc12.CNc1nc(=O)[nH]c2nc[nH]c12.CSc1nc(=O)[nH]c2[nH]ncc12.CSc1nc(=O)[nH]c2nc[nH]c12.CSc1nc(Cl)nc2[nH]ncc12.CSc1nc(Cl)nc2nc[nH]c12.CSc1nc(F)nc2[nH]ncc12.CSc1nc(F)nc2nc[nH]c12.CSc1nc(N)nc2[nH]ncc12.CSc1nc(N)nc2nc[nH]c12.[C-]#[N+]c1c(N)nc(N)nc1NC.[C-]#[N+]c1c(N)ncnc1NC. The minimum Gasteiger partial charge on any atom is -0.392 e. The zero-order valence-electron chi connectivity index (χ0n) is 75.5. The quantitative estimate of drug-likeness (QED) is 0.0237. The molecule has 0 aromatic carbocycles. The number of nitrogens with zero attached hydrogens (tertiary/aromatic N) is 32. The van der Waals surface area contributed by atoms with Crippen LogP contribution in [0.5, 0.6) is 0 Å². The van der Waals surface area contributed by atoms with Crippen LogP contribution in [-0.4, -0.2) is 299 Å². The van der Waals surface area contributed by atoms with E-state index >= 15 is 0 Å². The summed E-state index contributed by atoms with van der Waals surface area (Å²) in [6.45, 7) is 13.5. The Bertz CT molecular complexity index is 7440. The van der Waals surface area contributed by atoms with Crippen LogP contribution in [0.4, 0.5) is 72.9 Å². The molecule has 22 rings (SSSR count). The highest BCUT2D eigenvalue weighted by Crippen LogP contribution is 2.32. The van der Waals surface area contributed by atoms with Gasteiger partial charge in [0.05, 0.1) is 103 Å². The molecular formula is C72H75Cl2F2N55O4S8. The van der Waals surface area contributed by atoms with Crippen molar-refractivity contribution in [2.45, 2.75) is 40.2 Å². The number of halogens is 4. The lowest BCUT2D eigenvalue weighted by Crippen LogP contribution is -2.12. The summed E-state index contributed by atoms with van der Waals surface area (Å²) in [7, 11) is 6.71. The summed E-state index contributed by atoms with van der Waals surface area (Å²) in [5, 5.41) is 54.0. The smallest absolute Gasteiger partial charge is 0.348 e. The van der Waals surface area contributed by atoms with Crippen molar-refractivity contribution < 1.29 is 8.78 Å². The average Bonchev–Trinajstić information content (AvgIpc) is 1.59. The fourth-order valence-corrected chi connectivity index (χ4v) is 15.9. The Morgan fingerprint density at radius 2 is 0.678 bits per heavy atom. The lowest BCUT2D eigenvalue weighted by atomic mass is 10.4. The number of anilines is 9. The summed E-state index contributed by atoms with van der Waals surface area (Å²) >= 11 is 23.0. The Labute approximate surface area is 840 Å². The molecule has 0 amide bonds. The van der Waals surface area contributed by atoms with Gasteiger partial charge in [0, 0.05) is 28.2 Å². The summed E-state index contributed by atoms with van der Waals surface area (Å²) < 4.78 is 25.4. The van der Waals surface area contributed by atoms with Crippen molar-refractivity contribution in [3.05, 3.63) is 156 Å². The molecule has 0 fully saturated rings. The molecule has 0 aliphatic heterocycles. The van der Waals surface area contributed by atoms with Crippen molar-refractivity contribution in [3.63, 3.8) is 0 Å². The van der Waals surface area contributed by atoms with Crippen LogP contribution in [0.3, 0.4) is 0 Å². The number of hydrogen-bond donors (Lipinski definition) is 23. The zero-order valence-corrected chi connectivity index (χ0v) is 83.5. The fraction of sp³-hybridized carbons (Fsp3) is 0.167. The van der Waals surface area contributed by atoms with Crippen LogP contribution >= 0.6 is 117 Å². The molecule has 738 valence electrons. The molecule has 28 N–H and O–H groups in total. The van der Waals surface area contributed by atoms with Crippen molar-refractivity contribution in [3.8, 4) is 0 Å². The molecule has 22 heterocycles. The first-order valence-electron chi connectivity index (χ1n) is 39.0. The Balaban J connectivity index is 0.000000149. The van der Waals surface area contributed by atoms with E-state index in [2.05, 4.69) is 251 Å². The highest BCUT2D eigenvalue weighted by atomic mass is 35.5. The molecule has 0 unspecified atom stereocenters. The molecule has 71 heteroatoms.